The number of carbonyl (C=O) groups is 1. The zero-order valence-corrected chi connectivity index (χ0v) is 19.6. The first kappa shape index (κ1) is 22.1. The second-order valence-electron chi connectivity index (χ2n) is 8.38. The summed E-state index contributed by atoms with van der Waals surface area (Å²) in [5.74, 6) is 0.102. The molecular weight excluding hydrogens is 446 g/mol. The van der Waals surface area contributed by atoms with Crippen LogP contribution in [-0.4, -0.2) is 40.0 Å². The third kappa shape index (κ3) is 4.43. The van der Waals surface area contributed by atoms with Crippen molar-refractivity contribution < 1.29 is 4.79 Å². The zero-order valence-electron chi connectivity index (χ0n) is 19.6. The molecule has 0 bridgehead atoms. The second-order valence-corrected chi connectivity index (χ2v) is 8.38. The highest BCUT2D eigenvalue weighted by atomic mass is 16.2. The highest BCUT2D eigenvalue weighted by Crippen LogP contribution is 2.19. The van der Waals surface area contributed by atoms with Gasteiger partial charge in [-0.3, -0.25) is 18.6 Å². The molecule has 0 radical (unpaired) electrons. The average Bonchev–Trinajstić information content (AvgIpc) is 3.51. The minimum atomic E-state index is -0.397. The smallest absolute Gasteiger partial charge is 0.322 e. The molecule has 3 N–H and O–H groups in total. The van der Waals surface area contributed by atoms with Crippen molar-refractivity contribution in [2.24, 2.45) is 7.05 Å². The van der Waals surface area contributed by atoms with Crippen LogP contribution in [0.5, 0.6) is 0 Å². The third-order valence-electron chi connectivity index (χ3n) is 5.91. The van der Waals surface area contributed by atoms with Gasteiger partial charge in [-0.05, 0) is 49.2 Å². The fourth-order valence-electron chi connectivity index (χ4n) is 3.93. The number of aromatic nitrogens is 7. The van der Waals surface area contributed by atoms with Crippen LogP contribution in [0.4, 0.5) is 17.3 Å². The van der Waals surface area contributed by atoms with Crippen LogP contribution in [-0.2, 0) is 20.1 Å². The van der Waals surface area contributed by atoms with E-state index in [0.29, 0.717) is 23.9 Å². The Bertz CT molecular complexity index is 1590. The number of para-hydroxylation sites is 2. The molecule has 3 heterocycles. The van der Waals surface area contributed by atoms with Crippen LogP contribution in [0.1, 0.15) is 21.7 Å². The van der Waals surface area contributed by atoms with Gasteiger partial charge in [0, 0.05) is 32.0 Å². The molecule has 35 heavy (non-hydrogen) atoms. The molecule has 0 spiro atoms. The lowest BCUT2D eigenvalue weighted by atomic mass is 10.1. The lowest BCUT2D eigenvalue weighted by Crippen LogP contribution is -2.24. The van der Waals surface area contributed by atoms with E-state index in [1.807, 2.05) is 63.4 Å². The van der Waals surface area contributed by atoms with E-state index < -0.39 is 5.91 Å². The molecule has 178 valence electrons. The molecule has 0 aliphatic rings. The largest absolute Gasteiger partial charge is 0.326 e. The molecule has 0 fully saturated rings. The number of benzene rings is 2. The highest BCUT2D eigenvalue weighted by Gasteiger charge is 2.20. The fraction of sp³-hybridized carbons (Fsp3) is 0.208. The number of hydrogen-bond donors (Lipinski definition) is 3. The summed E-state index contributed by atoms with van der Waals surface area (Å²) in [4.78, 5) is 28.6. The average molecular weight is 472 g/mol. The van der Waals surface area contributed by atoms with E-state index in [2.05, 4.69) is 30.9 Å². The number of H-pyrrole nitrogens is 1. The van der Waals surface area contributed by atoms with Gasteiger partial charge >= 0.3 is 5.69 Å². The van der Waals surface area contributed by atoms with Crippen molar-refractivity contribution in [3.8, 4) is 0 Å². The number of amides is 1. The van der Waals surface area contributed by atoms with E-state index in [9.17, 15) is 9.59 Å². The lowest BCUT2D eigenvalue weighted by molar-refractivity contribution is 0.101. The first-order chi connectivity index (χ1) is 16.9. The summed E-state index contributed by atoms with van der Waals surface area (Å²) in [7, 11) is 1.81. The summed E-state index contributed by atoms with van der Waals surface area (Å²) in [6.07, 6.45) is 3.44. The predicted octanol–water partition coefficient (Wildman–Crippen LogP) is 2.97. The minimum absolute atomic E-state index is 0.127. The molecule has 5 aromatic rings. The topological polar surface area (TPSA) is 127 Å². The number of hydrogen-bond acceptors (Lipinski definition) is 6. The first-order valence-corrected chi connectivity index (χ1v) is 11.1. The third-order valence-corrected chi connectivity index (χ3v) is 5.91. The van der Waals surface area contributed by atoms with Crippen LogP contribution in [0.25, 0.3) is 11.0 Å². The molecule has 1 amide bonds. The van der Waals surface area contributed by atoms with E-state index >= 15 is 0 Å². The van der Waals surface area contributed by atoms with E-state index in [-0.39, 0.29) is 18.1 Å². The molecule has 0 saturated heterocycles. The Labute approximate surface area is 200 Å². The van der Waals surface area contributed by atoms with Crippen molar-refractivity contribution in [2.75, 3.05) is 10.6 Å². The van der Waals surface area contributed by atoms with Gasteiger partial charge in [-0.2, -0.15) is 5.10 Å². The number of carbonyl (C=O) groups excluding carboxylic acids is 1. The molecule has 3 aromatic heterocycles. The Hall–Kier alpha value is -4.67. The molecule has 0 unspecified atom stereocenters. The number of aryl methyl sites for hydroxylation is 4. The first-order valence-electron chi connectivity index (χ1n) is 11.1. The van der Waals surface area contributed by atoms with Gasteiger partial charge in [0.2, 0.25) is 11.8 Å². The van der Waals surface area contributed by atoms with Gasteiger partial charge in [0.25, 0.3) is 5.91 Å². The van der Waals surface area contributed by atoms with Crippen LogP contribution < -0.4 is 16.3 Å². The van der Waals surface area contributed by atoms with Gasteiger partial charge in [-0.15, -0.1) is 10.2 Å². The van der Waals surface area contributed by atoms with Gasteiger partial charge in [0.1, 0.15) is 0 Å². The standard InChI is InChI=1S/C24H25N9O2/c1-15-8-9-17(12-16(15)2)26-22(34)21-29-30-23(27-18-13-25-31(3)14-18)33(21)11-10-32-20-7-5-4-6-19(20)28-24(32)35/h4-9,12-14H,10-11H2,1-3H3,(H,26,34)(H,27,30)(H,28,35). The Morgan fingerprint density at radius 3 is 2.57 bits per heavy atom. The molecule has 0 atom stereocenters. The van der Waals surface area contributed by atoms with E-state index in [0.717, 1.165) is 22.2 Å². The van der Waals surface area contributed by atoms with E-state index in [1.54, 1.807) is 26.2 Å². The molecular formula is C24H25N9O2. The number of nitrogens with one attached hydrogen (secondary N) is 3. The number of aromatic amines is 1. The number of fused-ring (bicyclic) bond motifs is 1. The fourth-order valence-corrected chi connectivity index (χ4v) is 3.93. The second kappa shape index (κ2) is 8.93. The molecule has 5 rings (SSSR count). The number of anilines is 3. The summed E-state index contributed by atoms with van der Waals surface area (Å²) in [6, 6.07) is 13.2. The summed E-state index contributed by atoms with van der Waals surface area (Å²) >= 11 is 0. The van der Waals surface area contributed by atoms with Gasteiger partial charge in [-0.25, -0.2) is 4.79 Å². The Balaban J connectivity index is 1.46. The number of nitrogens with zero attached hydrogens (tertiary/aromatic N) is 6. The van der Waals surface area contributed by atoms with Crippen molar-refractivity contribution in [2.45, 2.75) is 26.9 Å². The summed E-state index contributed by atoms with van der Waals surface area (Å²) in [5, 5.41) is 18.6. The molecule has 0 saturated carbocycles. The maximum absolute atomic E-state index is 13.2. The monoisotopic (exact) mass is 471 g/mol. The molecule has 0 aliphatic carbocycles. The summed E-state index contributed by atoms with van der Waals surface area (Å²) < 4.78 is 4.95. The van der Waals surface area contributed by atoms with Crippen LogP contribution in [0.15, 0.2) is 59.7 Å². The highest BCUT2D eigenvalue weighted by molar-refractivity contribution is 6.02. The van der Waals surface area contributed by atoms with Crippen molar-refractivity contribution in [1.82, 2.24) is 34.1 Å². The van der Waals surface area contributed by atoms with Crippen molar-refractivity contribution in [3.05, 3.63) is 82.3 Å². The van der Waals surface area contributed by atoms with E-state index in [4.69, 9.17) is 0 Å². The Morgan fingerprint density at radius 1 is 1.00 bits per heavy atom. The van der Waals surface area contributed by atoms with Crippen LogP contribution in [0, 0.1) is 13.8 Å². The number of rotatable bonds is 7. The maximum atomic E-state index is 13.2. The number of imidazole rings is 1. The summed E-state index contributed by atoms with van der Waals surface area (Å²) in [6.45, 7) is 4.60. The van der Waals surface area contributed by atoms with Crippen molar-refractivity contribution >= 4 is 34.3 Å². The maximum Gasteiger partial charge on any atom is 0.326 e. The van der Waals surface area contributed by atoms with Gasteiger partial charge in [0.05, 0.1) is 22.9 Å². The molecule has 11 nitrogen and oxygen atoms in total. The quantitative estimate of drug-likeness (QED) is 0.335. The normalized spacial score (nSPS) is 11.2. The van der Waals surface area contributed by atoms with E-state index in [1.165, 1.54) is 0 Å². The predicted molar refractivity (Wildman–Crippen MR) is 133 cm³/mol. The van der Waals surface area contributed by atoms with Gasteiger partial charge in [0.15, 0.2) is 0 Å². The molecule has 11 heteroatoms. The van der Waals surface area contributed by atoms with Crippen molar-refractivity contribution in [3.63, 3.8) is 0 Å². The van der Waals surface area contributed by atoms with Crippen LogP contribution in [0.2, 0.25) is 0 Å². The van der Waals surface area contributed by atoms with Gasteiger partial charge in [-0.1, -0.05) is 18.2 Å². The Morgan fingerprint density at radius 2 is 1.80 bits per heavy atom. The van der Waals surface area contributed by atoms with Crippen LogP contribution >= 0.6 is 0 Å². The SMILES string of the molecule is Cc1ccc(NC(=O)c2nnc(Nc3cnn(C)c3)n2CCn2c(=O)[nH]c3ccccc32)cc1C. The zero-order chi connectivity index (χ0) is 24.5. The van der Waals surface area contributed by atoms with Crippen molar-refractivity contribution in [1.29, 1.82) is 0 Å². The molecule has 2 aromatic carbocycles. The molecule has 0 aliphatic heterocycles. The minimum Gasteiger partial charge on any atom is -0.322 e. The van der Waals surface area contributed by atoms with Crippen LogP contribution in [0.3, 0.4) is 0 Å². The van der Waals surface area contributed by atoms with Gasteiger partial charge < -0.3 is 15.6 Å². The summed E-state index contributed by atoms with van der Waals surface area (Å²) in [5.41, 5.74) is 4.90. The lowest BCUT2D eigenvalue weighted by Gasteiger charge is -2.12. The Kier molecular flexibility index (Phi) is 5.65.